The molecule has 21 heavy (non-hydrogen) atoms. The lowest BCUT2D eigenvalue weighted by Crippen LogP contribution is -2.22. The Morgan fingerprint density at radius 1 is 1.14 bits per heavy atom. The monoisotopic (exact) mass is 369 g/mol. The number of pyridine rings is 1. The Kier molecular flexibility index (Phi) is 6.13. The van der Waals surface area contributed by atoms with Crippen LogP contribution in [0.5, 0.6) is 5.75 Å². The molecule has 0 aliphatic rings. The average Bonchev–Trinajstić information content (AvgIpc) is 2.41. The molecule has 1 aromatic carbocycles. The van der Waals surface area contributed by atoms with Gasteiger partial charge in [-0.3, -0.25) is 4.98 Å². The zero-order chi connectivity index (χ0) is 14.5. The Bertz CT molecular complexity index is 686. The van der Waals surface area contributed by atoms with Crippen molar-refractivity contribution >= 4 is 40.0 Å². The van der Waals surface area contributed by atoms with E-state index in [2.05, 4.69) is 31.1 Å². The molecule has 0 unspecified atom stereocenters. The predicted molar refractivity (Wildman–Crippen MR) is 88.7 cm³/mol. The van der Waals surface area contributed by atoms with Gasteiger partial charge in [-0.1, -0.05) is 28.1 Å². The minimum atomic E-state index is -0.173. The van der Waals surface area contributed by atoms with E-state index in [0.717, 1.165) is 10.0 Å². The highest BCUT2D eigenvalue weighted by Gasteiger charge is 2.13. The van der Waals surface area contributed by atoms with Crippen LogP contribution in [-0.4, -0.2) is 21.8 Å². The van der Waals surface area contributed by atoms with Crippen molar-refractivity contribution in [3.63, 3.8) is 0 Å². The van der Waals surface area contributed by atoms with E-state index in [1.165, 1.54) is 6.07 Å². The van der Waals surface area contributed by atoms with E-state index in [1.54, 1.807) is 12.3 Å². The van der Waals surface area contributed by atoms with Crippen LogP contribution >= 0.6 is 28.3 Å². The summed E-state index contributed by atoms with van der Waals surface area (Å²) in [5.41, 5.74) is 12.0. The standard InChI is InChI=1S/C13H12BrN5O.ClH/c14-9-4-1-3-8(7-9)11(18-19-13(15)16)12-10(20)5-2-6-17-12;/h1-7,20H,(H4,15,16,19);1H/b18-11-;. The van der Waals surface area contributed by atoms with Crippen molar-refractivity contribution in [1.82, 2.24) is 4.98 Å². The van der Waals surface area contributed by atoms with Crippen molar-refractivity contribution in [1.29, 1.82) is 0 Å². The van der Waals surface area contributed by atoms with Crippen molar-refractivity contribution in [2.45, 2.75) is 0 Å². The van der Waals surface area contributed by atoms with E-state index in [0.29, 0.717) is 11.4 Å². The van der Waals surface area contributed by atoms with Gasteiger partial charge in [-0.15, -0.1) is 22.6 Å². The maximum atomic E-state index is 9.91. The summed E-state index contributed by atoms with van der Waals surface area (Å²) in [6, 6.07) is 10.5. The van der Waals surface area contributed by atoms with Gasteiger partial charge in [0, 0.05) is 16.2 Å². The summed E-state index contributed by atoms with van der Waals surface area (Å²) in [4.78, 5) is 4.12. The van der Waals surface area contributed by atoms with Gasteiger partial charge in [0.2, 0.25) is 5.96 Å². The Labute approximate surface area is 136 Å². The number of aromatic hydroxyl groups is 1. The normalized spacial score (nSPS) is 10.6. The fourth-order valence-electron chi connectivity index (χ4n) is 1.56. The second-order valence-electron chi connectivity index (χ2n) is 3.85. The molecule has 6 nitrogen and oxygen atoms in total. The summed E-state index contributed by atoms with van der Waals surface area (Å²) < 4.78 is 0.864. The molecular weight excluding hydrogens is 358 g/mol. The van der Waals surface area contributed by atoms with Crippen molar-refractivity contribution < 1.29 is 5.11 Å². The number of nitrogens with zero attached hydrogens (tertiary/aromatic N) is 3. The molecule has 0 aliphatic heterocycles. The lowest BCUT2D eigenvalue weighted by Gasteiger charge is -2.07. The van der Waals surface area contributed by atoms with Crippen LogP contribution in [0.25, 0.3) is 0 Å². The fraction of sp³-hybridized carbons (Fsp3) is 0. The van der Waals surface area contributed by atoms with Crippen LogP contribution in [-0.2, 0) is 0 Å². The quantitative estimate of drug-likeness (QED) is 0.436. The molecule has 1 heterocycles. The molecule has 0 radical (unpaired) electrons. The summed E-state index contributed by atoms with van der Waals surface area (Å²) in [5, 5.41) is 17.5. The van der Waals surface area contributed by atoms with Crippen molar-refractivity contribution in [3.8, 4) is 5.75 Å². The molecule has 0 bridgehead atoms. The zero-order valence-corrected chi connectivity index (χ0v) is 13.2. The van der Waals surface area contributed by atoms with Crippen LogP contribution in [0, 0.1) is 0 Å². The second kappa shape index (κ2) is 7.61. The van der Waals surface area contributed by atoms with Crippen molar-refractivity contribution in [2.75, 3.05) is 0 Å². The van der Waals surface area contributed by atoms with Gasteiger partial charge in [-0.25, -0.2) is 0 Å². The van der Waals surface area contributed by atoms with Gasteiger partial charge in [0.1, 0.15) is 17.2 Å². The molecule has 0 saturated carbocycles. The number of rotatable bonds is 3. The number of benzene rings is 1. The smallest absolute Gasteiger partial charge is 0.211 e. The minimum Gasteiger partial charge on any atom is -0.506 e. The Balaban J connectivity index is 0.00000220. The summed E-state index contributed by atoms with van der Waals surface area (Å²) in [5.74, 6) is -0.176. The van der Waals surface area contributed by atoms with Crippen LogP contribution in [0.1, 0.15) is 11.3 Å². The number of halogens is 2. The van der Waals surface area contributed by atoms with Gasteiger partial charge in [-0.05, 0) is 24.3 Å². The van der Waals surface area contributed by atoms with Crippen LogP contribution in [0.2, 0.25) is 0 Å². The molecule has 1 aromatic heterocycles. The number of aromatic nitrogens is 1. The van der Waals surface area contributed by atoms with Gasteiger partial charge in [-0.2, -0.15) is 0 Å². The highest BCUT2D eigenvalue weighted by atomic mass is 79.9. The number of nitrogens with two attached hydrogens (primary N) is 2. The average molecular weight is 371 g/mol. The van der Waals surface area contributed by atoms with E-state index in [-0.39, 0.29) is 24.1 Å². The van der Waals surface area contributed by atoms with Crippen molar-refractivity contribution in [2.24, 2.45) is 21.7 Å². The van der Waals surface area contributed by atoms with Crippen LogP contribution < -0.4 is 11.5 Å². The minimum absolute atomic E-state index is 0. The summed E-state index contributed by atoms with van der Waals surface area (Å²) in [6.07, 6.45) is 1.55. The summed E-state index contributed by atoms with van der Waals surface area (Å²) >= 11 is 3.38. The molecule has 0 saturated heterocycles. The summed E-state index contributed by atoms with van der Waals surface area (Å²) in [6.45, 7) is 0. The predicted octanol–water partition coefficient (Wildman–Crippen LogP) is 2.00. The number of hydrogen-bond acceptors (Lipinski definition) is 4. The first kappa shape index (κ1) is 16.9. The molecule has 0 fully saturated rings. The van der Waals surface area contributed by atoms with E-state index < -0.39 is 0 Å². The SMILES string of the molecule is Cl.NC(N)=N/N=C(/c1cccc(Br)c1)c1ncccc1O. The number of hydrogen-bond donors (Lipinski definition) is 3. The highest BCUT2D eigenvalue weighted by Crippen LogP contribution is 2.20. The zero-order valence-electron chi connectivity index (χ0n) is 10.8. The molecule has 5 N–H and O–H groups in total. The van der Waals surface area contributed by atoms with Crippen molar-refractivity contribution in [3.05, 3.63) is 58.3 Å². The first-order chi connectivity index (χ1) is 9.58. The third kappa shape index (κ3) is 4.44. The van der Waals surface area contributed by atoms with Crippen LogP contribution in [0.4, 0.5) is 0 Å². The van der Waals surface area contributed by atoms with Gasteiger partial charge >= 0.3 is 0 Å². The molecule has 0 spiro atoms. The van der Waals surface area contributed by atoms with Gasteiger partial charge in [0.15, 0.2) is 0 Å². The lowest BCUT2D eigenvalue weighted by molar-refractivity contribution is 0.471. The van der Waals surface area contributed by atoms with E-state index in [1.807, 2.05) is 24.3 Å². The molecule has 0 aliphatic carbocycles. The number of guanidine groups is 1. The van der Waals surface area contributed by atoms with E-state index >= 15 is 0 Å². The lowest BCUT2D eigenvalue weighted by atomic mass is 10.1. The first-order valence-electron chi connectivity index (χ1n) is 5.65. The highest BCUT2D eigenvalue weighted by molar-refractivity contribution is 9.10. The molecule has 0 amide bonds. The first-order valence-corrected chi connectivity index (χ1v) is 6.44. The van der Waals surface area contributed by atoms with Crippen LogP contribution in [0.15, 0.2) is 57.3 Å². The van der Waals surface area contributed by atoms with Gasteiger partial charge in [0.05, 0.1) is 0 Å². The van der Waals surface area contributed by atoms with Gasteiger partial charge in [0.25, 0.3) is 0 Å². The maximum Gasteiger partial charge on any atom is 0.211 e. The Morgan fingerprint density at radius 2 is 1.90 bits per heavy atom. The Hall–Kier alpha value is -2.12. The molecule has 8 heteroatoms. The summed E-state index contributed by atoms with van der Waals surface area (Å²) in [7, 11) is 0. The van der Waals surface area contributed by atoms with Gasteiger partial charge < -0.3 is 16.6 Å². The van der Waals surface area contributed by atoms with Crippen LogP contribution in [0.3, 0.4) is 0 Å². The molecule has 2 aromatic rings. The third-order valence-corrected chi connectivity index (χ3v) is 2.87. The largest absolute Gasteiger partial charge is 0.506 e. The van der Waals surface area contributed by atoms with E-state index in [9.17, 15) is 5.11 Å². The molecular formula is C13H13BrClN5O. The molecule has 0 atom stereocenters. The third-order valence-electron chi connectivity index (χ3n) is 2.37. The fourth-order valence-corrected chi connectivity index (χ4v) is 1.96. The topological polar surface area (TPSA) is 110 Å². The van der Waals surface area contributed by atoms with E-state index in [4.69, 9.17) is 11.5 Å². The second-order valence-corrected chi connectivity index (χ2v) is 4.77. The molecule has 110 valence electrons. The maximum absolute atomic E-state index is 9.91. The Morgan fingerprint density at radius 3 is 2.52 bits per heavy atom. The molecule has 2 rings (SSSR count).